The van der Waals surface area contributed by atoms with Crippen LogP contribution in [0.25, 0.3) is 10.9 Å². The van der Waals surface area contributed by atoms with Gasteiger partial charge in [-0.05, 0) is 73.7 Å². The minimum Gasteiger partial charge on any atom is -0.390 e. The van der Waals surface area contributed by atoms with E-state index < -0.39 is 39.5 Å². The normalized spacial score (nSPS) is 13.4. The Morgan fingerprint density at radius 2 is 1.67 bits per heavy atom. The van der Waals surface area contributed by atoms with Crippen LogP contribution in [0.15, 0.2) is 96.0 Å². The average Bonchev–Trinajstić information content (AvgIpc) is 3.05. The first-order valence-corrected chi connectivity index (χ1v) is 17.3. The molecule has 0 radical (unpaired) electrons. The monoisotopic (exact) mass is 677 g/mol. The lowest BCUT2D eigenvalue weighted by Gasteiger charge is -2.31. The molecule has 0 aliphatic rings. The maximum atomic E-state index is 13.9. The Balaban J connectivity index is 1.44. The third-order valence-corrected chi connectivity index (χ3v) is 9.79. The first-order chi connectivity index (χ1) is 22.7. The summed E-state index contributed by atoms with van der Waals surface area (Å²) in [6, 6.07) is 22.7. The van der Waals surface area contributed by atoms with Crippen LogP contribution in [-0.2, 0) is 31.6 Å². The van der Waals surface area contributed by atoms with E-state index >= 15 is 0 Å². The number of nitrogens with zero attached hydrogens (tertiary/aromatic N) is 2. The van der Waals surface area contributed by atoms with Gasteiger partial charge in [-0.2, -0.15) is 4.31 Å². The number of halogens is 1. The van der Waals surface area contributed by atoms with Crippen molar-refractivity contribution in [3.05, 3.63) is 108 Å². The lowest BCUT2D eigenvalue weighted by molar-refractivity contribution is -0.126. The molecule has 2 amide bonds. The lowest BCUT2D eigenvalue weighted by atomic mass is 9.94. The van der Waals surface area contributed by atoms with E-state index in [-0.39, 0.29) is 49.2 Å². The molecule has 12 heteroatoms. The summed E-state index contributed by atoms with van der Waals surface area (Å²) in [6.45, 7) is 6.80. The van der Waals surface area contributed by atoms with E-state index in [2.05, 4.69) is 20.9 Å². The molecule has 0 unspecified atom stereocenters. The Morgan fingerprint density at radius 1 is 0.917 bits per heavy atom. The molecule has 0 bridgehead atoms. The highest BCUT2D eigenvalue weighted by Gasteiger charge is 2.31. The average molecular weight is 678 g/mol. The number of amides is 2. The molecule has 4 N–H and O–H groups in total. The molecule has 10 nitrogen and oxygen atoms in total. The summed E-state index contributed by atoms with van der Waals surface area (Å²) in [7, 11) is -4.03. The fourth-order valence-corrected chi connectivity index (χ4v) is 6.97. The molecule has 256 valence electrons. The maximum Gasteiger partial charge on any atom is 0.243 e. The van der Waals surface area contributed by atoms with Crippen molar-refractivity contribution in [3.8, 4) is 0 Å². The predicted molar refractivity (Wildman–Crippen MR) is 184 cm³/mol. The molecular formula is C36H44FN5O5S. The number of sulfonamides is 1. The molecule has 1 heterocycles. The number of aromatic nitrogens is 1. The van der Waals surface area contributed by atoms with Crippen LogP contribution < -0.4 is 16.0 Å². The summed E-state index contributed by atoms with van der Waals surface area (Å²) < 4.78 is 42.8. The predicted octanol–water partition coefficient (Wildman–Crippen LogP) is 3.75. The van der Waals surface area contributed by atoms with Crippen LogP contribution in [0.5, 0.6) is 0 Å². The molecule has 4 aromatic rings. The van der Waals surface area contributed by atoms with Crippen LogP contribution in [0, 0.1) is 11.7 Å². The van der Waals surface area contributed by atoms with E-state index in [4.69, 9.17) is 0 Å². The summed E-state index contributed by atoms with van der Waals surface area (Å²) in [5, 5.41) is 20.6. The fraction of sp³-hybridized carbons (Fsp3) is 0.361. The second-order valence-corrected chi connectivity index (χ2v) is 14.7. The number of aliphatic hydroxyl groups excluding tert-OH is 1. The number of aliphatic hydroxyl groups is 1. The number of benzene rings is 3. The van der Waals surface area contributed by atoms with Crippen LogP contribution in [-0.4, -0.2) is 73.0 Å². The van der Waals surface area contributed by atoms with Crippen molar-refractivity contribution in [3.63, 3.8) is 0 Å². The Morgan fingerprint density at radius 3 is 2.38 bits per heavy atom. The van der Waals surface area contributed by atoms with E-state index in [1.165, 1.54) is 22.5 Å². The van der Waals surface area contributed by atoms with Crippen molar-refractivity contribution in [2.24, 2.45) is 5.92 Å². The van der Waals surface area contributed by atoms with Crippen LogP contribution in [0.3, 0.4) is 0 Å². The molecule has 0 saturated heterocycles. The molecule has 0 saturated carbocycles. The number of hydrogen-bond acceptors (Lipinski definition) is 7. The van der Waals surface area contributed by atoms with Gasteiger partial charge >= 0.3 is 0 Å². The van der Waals surface area contributed by atoms with Crippen LogP contribution in [0.1, 0.15) is 38.8 Å². The number of pyridine rings is 1. The van der Waals surface area contributed by atoms with E-state index in [0.29, 0.717) is 16.5 Å². The molecule has 0 aliphatic carbocycles. The van der Waals surface area contributed by atoms with Crippen LogP contribution in [0.2, 0.25) is 0 Å². The molecule has 0 fully saturated rings. The quantitative estimate of drug-likeness (QED) is 0.142. The highest BCUT2D eigenvalue weighted by molar-refractivity contribution is 7.89. The molecule has 2 atom stereocenters. The first-order valence-electron chi connectivity index (χ1n) is 15.9. The van der Waals surface area contributed by atoms with Gasteiger partial charge in [-0.25, -0.2) is 12.8 Å². The minimum atomic E-state index is -4.03. The second kappa shape index (κ2) is 16.2. The number of nitrogens with one attached hydrogen (secondary N) is 3. The zero-order chi connectivity index (χ0) is 34.9. The van der Waals surface area contributed by atoms with Gasteiger partial charge in [0.2, 0.25) is 21.8 Å². The highest BCUT2D eigenvalue weighted by atomic mass is 32.2. The number of rotatable bonds is 16. The van der Waals surface area contributed by atoms with Gasteiger partial charge in [-0.15, -0.1) is 0 Å². The summed E-state index contributed by atoms with van der Waals surface area (Å²) in [5.41, 5.74) is 1.45. The van der Waals surface area contributed by atoms with Crippen molar-refractivity contribution < 1.29 is 27.5 Å². The van der Waals surface area contributed by atoms with Crippen molar-refractivity contribution in [1.82, 2.24) is 25.2 Å². The molecule has 4 rings (SSSR count). The van der Waals surface area contributed by atoms with Gasteiger partial charge in [0.25, 0.3) is 0 Å². The maximum absolute atomic E-state index is 13.9. The second-order valence-electron chi connectivity index (χ2n) is 12.8. The number of carbonyl (C=O) groups excluding carboxylic acids is 2. The standard InChI is InChI=1S/C36H44FN5O5S/c1-25(2)23-42(48(46,47)30-15-16-31-27(19-30)12-9-17-38-31)24-33(43)32(18-26-10-6-5-7-11-26)41-35(45)21-39-34(44)22-40-36(3,4)28-13-8-14-29(37)20-28/h5-17,19-20,25,32-33,40,43H,18,21-24H2,1-4H3,(H,39,44)(H,41,45)/t32-,33+/m0/s1. The van der Waals surface area contributed by atoms with E-state index in [1.807, 2.05) is 58.0 Å². The largest absolute Gasteiger partial charge is 0.390 e. The third kappa shape index (κ3) is 10.1. The molecular weight excluding hydrogens is 633 g/mol. The van der Waals surface area contributed by atoms with Gasteiger partial charge in [0.1, 0.15) is 5.82 Å². The van der Waals surface area contributed by atoms with Gasteiger partial charge in [0.05, 0.1) is 35.6 Å². The van der Waals surface area contributed by atoms with Gasteiger partial charge in [0.15, 0.2) is 0 Å². The topological polar surface area (TPSA) is 141 Å². The van der Waals surface area contributed by atoms with Crippen molar-refractivity contribution >= 4 is 32.7 Å². The first kappa shape index (κ1) is 36.6. The van der Waals surface area contributed by atoms with Crippen molar-refractivity contribution in [2.75, 3.05) is 26.2 Å². The third-order valence-electron chi connectivity index (χ3n) is 7.96. The number of carbonyl (C=O) groups is 2. The van der Waals surface area contributed by atoms with Crippen LogP contribution in [0.4, 0.5) is 4.39 Å². The van der Waals surface area contributed by atoms with Crippen molar-refractivity contribution in [1.29, 1.82) is 0 Å². The zero-order valence-electron chi connectivity index (χ0n) is 27.7. The summed E-state index contributed by atoms with van der Waals surface area (Å²) in [4.78, 5) is 30.1. The number of hydrogen-bond donors (Lipinski definition) is 4. The molecule has 48 heavy (non-hydrogen) atoms. The molecule has 3 aromatic carbocycles. The van der Waals surface area contributed by atoms with Crippen molar-refractivity contribution in [2.45, 2.75) is 56.7 Å². The van der Waals surface area contributed by atoms with E-state index in [1.54, 1.807) is 42.6 Å². The molecule has 0 spiro atoms. The Kier molecular flexibility index (Phi) is 12.4. The number of fused-ring (bicyclic) bond motifs is 1. The minimum absolute atomic E-state index is 0.0500. The molecule has 1 aromatic heterocycles. The zero-order valence-corrected chi connectivity index (χ0v) is 28.5. The van der Waals surface area contributed by atoms with Crippen LogP contribution >= 0.6 is 0 Å². The van der Waals surface area contributed by atoms with Gasteiger partial charge in [-0.3, -0.25) is 19.9 Å². The summed E-state index contributed by atoms with van der Waals surface area (Å²) >= 11 is 0. The summed E-state index contributed by atoms with van der Waals surface area (Å²) in [5.74, 6) is -1.43. The van der Waals surface area contributed by atoms with Gasteiger partial charge < -0.3 is 15.7 Å². The highest BCUT2D eigenvalue weighted by Crippen LogP contribution is 2.23. The summed E-state index contributed by atoms with van der Waals surface area (Å²) in [6.07, 6.45) is 0.578. The SMILES string of the molecule is CC(C)CN(C[C@@H](O)[C@H](Cc1ccccc1)NC(=O)CNC(=O)CNC(C)(C)c1cccc(F)c1)S(=O)(=O)c1ccc2ncccc2c1. The van der Waals surface area contributed by atoms with E-state index in [0.717, 1.165) is 5.56 Å². The van der Waals surface area contributed by atoms with E-state index in [9.17, 15) is 27.5 Å². The van der Waals surface area contributed by atoms with Gasteiger partial charge in [-0.1, -0.05) is 62.4 Å². The smallest absolute Gasteiger partial charge is 0.243 e. The lowest BCUT2D eigenvalue weighted by Crippen LogP contribution is -2.53. The van der Waals surface area contributed by atoms with Gasteiger partial charge in [0, 0.05) is 30.2 Å². The molecule has 0 aliphatic heterocycles. The Labute approximate surface area is 281 Å². The fourth-order valence-electron chi connectivity index (χ4n) is 5.31. The Hall–Kier alpha value is -4.23. The Bertz CT molecular complexity index is 1800.